The van der Waals surface area contributed by atoms with Crippen LogP contribution in [0.4, 0.5) is 5.69 Å². The summed E-state index contributed by atoms with van der Waals surface area (Å²) < 4.78 is 11.3. The number of piperidine rings is 1. The number of anilines is 1. The molecule has 2 aliphatic heterocycles. The van der Waals surface area contributed by atoms with Gasteiger partial charge in [-0.05, 0) is 55.5 Å². The van der Waals surface area contributed by atoms with Crippen LogP contribution in [0.3, 0.4) is 0 Å². The molecular weight excluding hydrogens is 352 g/mol. The number of methoxy groups -OCH3 is 1. The standard InChI is InChI=1S/C23H28N2O3/c1-27-19-11-9-18(10-12-19)13-16-25-17-22(23(26)24-14-5-2-6-15-24)28-21-8-4-3-7-20(21)25/h3-4,7-12,22H,2,5-6,13-17H2,1H3. The molecule has 148 valence electrons. The smallest absolute Gasteiger partial charge is 0.265 e. The number of carbonyl (C=O) groups is 1. The first-order valence-electron chi connectivity index (χ1n) is 10.2. The van der Waals surface area contributed by atoms with Crippen LogP contribution in [0.25, 0.3) is 0 Å². The first-order chi connectivity index (χ1) is 13.7. The third-order valence-electron chi connectivity index (χ3n) is 5.63. The van der Waals surface area contributed by atoms with E-state index in [4.69, 9.17) is 9.47 Å². The first kappa shape index (κ1) is 18.7. The predicted octanol–water partition coefficient (Wildman–Crippen LogP) is 3.52. The maximum atomic E-state index is 13.0. The van der Waals surface area contributed by atoms with Gasteiger partial charge in [-0.3, -0.25) is 4.79 Å². The van der Waals surface area contributed by atoms with E-state index in [1.165, 1.54) is 12.0 Å². The Kier molecular flexibility index (Phi) is 5.70. The second-order valence-corrected chi connectivity index (χ2v) is 7.50. The molecule has 0 aliphatic carbocycles. The van der Waals surface area contributed by atoms with Gasteiger partial charge in [0.2, 0.25) is 0 Å². The molecule has 2 aromatic carbocycles. The summed E-state index contributed by atoms with van der Waals surface area (Å²) in [4.78, 5) is 17.3. The van der Waals surface area contributed by atoms with E-state index < -0.39 is 6.10 Å². The molecule has 5 heteroatoms. The Morgan fingerprint density at radius 2 is 1.82 bits per heavy atom. The third kappa shape index (κ3) is 4.08. The van der Waals surface area contributed by atoms with Crippen molar-refractivity contribution < 1.29 is 14.3 Å². The Morgan fingerprint density at radius 1 is 1.07 bits per heavy atom. The van der Waals surface area contributed by atoms with Crippen LogP contribution in [0.15, 0.2) is 48.5 Å². The van der Waals surface area contributed by atoms with Crippen LogP contribution in [0, 0.1) is 0 Å². The average Bonchev–Trinajstić information content (AvgIpc) is 2.77. The summed E-state index contributed by atoms with van der Waals surface area (Å²) in [5.41, 5.74) is 2.32. The normalized spacial score (nSPS) is 19.0. The minimum atomic E-state index is -0.427. The molecule has 0 saturated carbocycles. The minimum Gasteiger partial charge on any atom is -0.497 e. The van der Waals surface area contributed by atoms with Crippen molar-refractivity contribution in [3.63, 3.8) is 0 Å². The topological polar surface area (TPSA) is 42.0 Å². The Hall–Kier alpha value is -2.69. The van der Waals surface area contributed by atoms with Crippen LogP contribution in [-0.2, 0) is 11.2 Å². The van der Waals surface area contributed by atoms with Crippen molar-refractivity contribution in [1.29, 1.82) is 0 Å². The highest BCUT2D eigenvalue weighted by Gasteiger charge is 2.33. The summed E-state index contributed by atoms with van der Waals surface area (Å²) in [6.45, 7) is 3.15. The van der Waals surface area contributed by atoms with Gasteiger partial charge in [0.05, 0.1) is 19.3 Å². The van der Waals surface area contributed by atoms with E-state index in [1.54, 1.807) is 7.11 Å². The highest BCUT2D eigenvalue weighted by atomic mass is 16.5. The fourth-order valence-electron chi connectivity index (χ4n) is 4.02. The van der Waals surface area contributed by atoms with E-state index in [2.05, 4.69) is 23.1 Å². The van der Waals surface area contributed by atoms with Gasteiger partial charge in [-0.2, -0.15) is 0 Å². The lowest BCUT2D eigenvalue weighted by atomic mass is 10.1. The predicted molar refractivity (Wildman–Crippen MR) is 110 cm³/mol. The summed E-state index contributed by atoms with van der Waals surface area (Å²) in [6.07, 6.45) is 3.88. The molecule has 2 aromatic rings. The molecule has 0 N–H and O–H groups in total. The van der Waals surface area contributed by atoms with Crippen molar-refractivity contribution in [1.82, 2.24) is 4.90 Å². The summed E-state index contributed by atoms with van der Waals surface area (Å²) in [7, 11) is 1.68. The molecule has 5 nitrogen and oxygen atoms in total. The van der Waals surface area contributed by atoms with Crippen molar-refractivity contribution in [2.75, 3.05) is 38.2 Å². The van der Waals surface area contributed by atoms with Crippen molar-refractivity contribution in [2.24, 2.45) is 0 Å². The Balaban J connectivity index is 1.47. The number of hydrogen-bond donors (Lipinski definition) is 0. The fourth-order valence-corrected chi connectivity index (χ4v) is 4.02. The molecule has 2 aliphatic rings. The molecule has 0 spiro atoms. The van der Waals surface area contributed by atoms with Crippen molar-refractivity contribution in [2.45, 2.75) is 31.8 Å². The van der Waals surface area contributed by atoms with Gasteiger partial charge in [-0.1, -0.05) is 24.3 Å². The second kappa shape index (κ2) is 8.55. The second-order valence-electron chi connectivity index (χ2n) is 7.50. The quantitative estimate of drug-likeness (QED) is 0.796. The van der Waals surface area contributed by atoms with Crippen LogP contribution < -0.4 is 14.4 Å². The number of rotatable bonds is 5. The number of nitrogens with zero attached hydrogens (tertiary/aromatic N) is 2. The lowest BCUT2D eigenvalue weighted by Gasteiger charge is -2.38. The van der Waals surface area contributed by atoms with Crippen molar-refractivity contribution in [3.05, 3.63) is 54.1 Å². The van der Waals surface area contributed by atoms with Gasteiger partial charge >= 0.3 is 0 Å². The Bertz CT molecular complexity index is 800. The van der Waals surface area contributed by atoms with E-state index in [0.29, 0.717) is 6.54 Å². The highest BCUT2D eigenvalue weighted by Crippen LogP contribution is 2.33. The van der Waals surface area contributed by atoms with E-state index in [1.807, 2.05) is 35.2 Å². The number of amides is 1. The van der Waals surface area contributed by atoms with Crippen molar-refractivity contribution in [3.8, 4) is 11.5 Å². The zero-order chi connectivity index (χ0) is 19.3. The Labute approximate surface area is 166 Å². The molecule has 2 heterocycles. The van der Waals surface area contributed by atoms with Gasteiger partial charge in [0.1, 0.15) is 11.5 Å². The monoisotopic (exact) mass is 380 g/mol. The van der Waals surface area contributed by atoms with Gasteiger partial charge in [0.25, 0.3) is 5.91 Å². The minimum absolute atomic E-state index is 0.128. The highest BCUT2D eigenvalue weighted by molar-refractivity contribution is 5.83. The maximum Gasteiger partial charge on any atom is 0.265 e. The number of benzene rings is 2. The lowest BCUT2D eigenvalue weighted by Crippen LogP contribution is -2.51. The molecule has 1 fully saturated rings. The summed E-state index contributed by atoms with van der Waals surface area (Å²) in [5.74, 6) is 1.80. The maximum absolute atomic E-state index is 13.0. The third-order valence-corrected chi connectivity index (χ3v) is 5.63. The van der Waals surface area contributed by atoms with Crippen LogP contribution in [0.5, 0.6) is 11.5 Å². The molecule has 1 unspecified atom stereocenters. The van der Waals surface area contributed by atoms with E-state index >= 15 is 0 Å². The lowest BCUT2D eigenvalue weighted by molar-refractivity contribution is -0.139. The largest absolute Gasteiger partial charge is 0.497 e. The molecule has 1 atom stereocenters. The van der Waals surface area contributed by atoms with Crippen molar-refractivity contribution >= 4 is 11.6 Å². The van der Waals surface area contributed by atoms with Gasteiger partial charge < -0.3 is 19.3 Å². The number of ether oxygens (including phenoxy) is 2. The molecule has 1 saturated heterocycles. The van der Waals surface area contributed by atoms with Gasteiger partial charge in [-0.25, -0.2) is 0 Å². The van der Waals surface area contributed by atoms with Gasteiger partial charge in [0.15, 0.2) is 6.10 Å². The molecule has 4 rings (SSSR count). The molecule has 0 aromatic heterocycles. The zero-order valence-electron chi connectivity index (χ0n) is 16.5. The first-order valence-corrected chi connectivity index (χ1v) is 10.2. The number of fused-ring (bicyclic) bond motifs is 1. The molecule has 1 amide bonds. The summed E-state index contributed by atoms with van der Waals surface area (Å²) >= 11 is 0. The van der Waals surface area contributed by atoms with Gasteiger partial charge in [0, 0.05) is 19.6 Å². The summed E-state index contributed by atoms with van der Waals surface area (Å²) in [6, 6.07) is 16.2. The van der Waals surface area contributed by atoms with E-state index in [9.17, 15) is 4.79 Å². The number of para-hydroxylation sites is 2. The summed E-state index contributed by atoms with van der Waals surface area (Å²) in [5, 5.41) is 0. The Morgan fingerprint density at radius 3 is 2.57 bits per heavy atom. The van der Waals surface area contributed by atoms with Gasteiger partial charge in [-0.15, -0.1) is 0 Å². The fraction of sp³-hybridized carbons (Fsp3) is 0.435. The molecule has 0 bridgehead atoms. The van der Waals surface area contributed by atoms with Crippen LogP contribution in [0.2, 0.25) is 0 Å². The molecule has 0 radical (unpaired) electrons. The van der Waals surface area contributed by atoms with Crippen LogP contribution in [-0.4, -0.2) is 50.2 Å². The number of likely N-dealkylation sites (tertiary alicyclic amines) is 1. The SMILES string of the molecule is COc1ccc(CCN2CC(C(=O)N3CCCCC3)Oc3ccccc32)cc1. The van der Waals surface area contributed by atoms with E-state index in [-0.39, 0.29) is 5.91 Å². The average molecular weight is 380 g/mol. The molecule has 28 heavy (non-hydrogen) atoms. The number of carbonyl (C=O) groups excluding carboxylic acids is 1. The van der Waals surface area contributed by atoms with E-state index in [0.717, 1.165) is 56.1 Å². The zero-order valence-corrected chi connectivity index (χ0v) is 16.5. The van der Waals surface area contributed by atoms with Crippen LogP contribution >= 0.6 is 0 Å². The van der Waals surface area contributed by atoms with Crippen LogP contribution in [0.1, 0.15) is 24.8 Å². The molecular formula is C23H28N2O3. The number of hydrogen-bond acceptors (Lipinski definition) is 4.